The summed E-state index contributed by atoms with van der Waals surface area (Å²) in [6.45, 7) is 0. The molecule has 0 bridgehead atoms. The maximum Gasteiger partial charge on any atom is 0.271 e. The number of nitrogens with one attached hydrogen (secondary N) is 1. The molecule has 0 fully saturated rings. The Labute approximate surface area is 174 Å². The highest BCUT2D eigenvalue weighted by Crippen LogP contribution is 2.35. The van der Waals surface area contributed by atoms with Crippen LogP contribution in [-0.2, 0) is 0 Å². The second-order valence-corrected chi connectivity index (χ2v) is 7.08. The number of nitrogens with zero attached hydrogens (tertiary/aromatic N) is 2. The van der Waals surface area contributed by atoms with E-state index in [1.807, 2.05) is 0 Å². The molecular formula is C21H16FN3O4S. The smallest absolute Gasteiger partial charge is 0.271 e. The number of thiazole rings is 1. The van der Waals surface area contributed by atoms with Gasteiger partial charge >= 0.3 is 0 Å². The summed E-state index contributed by atoms with van der Waals surface area (Å²) in [6, 6.07) is 10.6. The van der Waals surface area contributed by atoms with E-state index in [-0.39, 0.29) is 11.3 Å². The van der Waals surface area contributed by atoms with Crippen molar-refractivity contribution in [3.8, 4) is 22.8 Å². The second kappa shape index (κ2) is 7.96. The topological polar surface area (TPSA) is 81.9 Å². The van der Waals surface area contributed by atoms with E-state index in [9.17, 15) is 14.0 Å². The summed E-state index contributed by atoms with van der Waals surface area (Å²) in [4.78, 5) is 30.5. The number of hydrogen-bond acceptors (Lipinski definition) is 6. The minimum Gasteiger partial charge on any atom is -0.497 e. The minimum atomic E-state index is -0.678. The summed E-state index contributed by atoms with van der Waals surface area (Å²) in [6.07, 6.45) is 1.22. The average molecular weight is 425 g/mol. The van der Waals surface area contributed by atoms with Gasteiger partial charge in [-0.05, 0) is 36.4 Å². The minimum absolute atomic E-state index is 0.168. The van der Waals surface area contributed by atoms with E-state index in [1.54, 1.807) is 30.7 Å². The van der Waals surface area contributed by atoms with Gasteiger partial charge in [-0.3, -0.25) is 14.0 Å². The van der Waals surface area contributed by atoms with Crippen molar-refractivity contribution < 1.29 is 18.7 Å². The summed E-state index contributed by atoms with van der Waals surface area (Å²) in [5.74, 6) is -0.0474. The fourth-order valence-electron chi connectivity index (χ4n) is 3.02. The molecule has 7 nitrogen and oxygen atoms in total. The zero-order valence-electron chi connectivity index (χ0n) is 16.0. The Morgan fingerprint density at radius 2 is 2.00 bits per heavy atom. The van der Waals surface area contributed by atoms with Crippen molar-refractivity contribution in [3.63, 3.8) is 0 Å². The van der Waals surface area contributed by atoms with Crippen LogP contribution in [-0.4, -0.2) is 29.5 Å². The third-order valence-electron chi connectivity index (χ3n) is 4.46. The number of carbonyl (C=O) groups excluding carboxylic acids is 1. The molecule has 0 saturated carbocycles. The number of carbonyl (C=O) groups is 1. The number of amides is 1. The molecule has 0 aliphatic rings. The monoisotopic (exact) mass is 425 g/mol. The maximum atomic E-state index is 13.4. The van der Waals surface area contributed by atoms with E-state index >= 15 is 0 Å². The zero-order valence-corrected chi connectivity index (χ0v) is 16.8. The van der Waals surface area contributed by atoms with Crippen LogP contribution in [0.25, 0.3) is 16.2 Å². The van der Waals surface area contributed by atoms with Gasteiger partial charge in [-0.15, -0.1) is 11.3 Å². The van der Waals surface area contributed by atoms with E-state index in [4.69, 9.17) is 9.47 Å². The number of benzene rings is 2. The molecule has 0 unspecified atom stereocenters. The quantitative estimate of drug-likeness (QED) is 0.526. The highest BCUT2D eigenvalue weighted by atomic mass is 32.1. The van der Waals surface area contributed by atoms with Crippen molar-refractivity contribution in [2.24, 2.45) is 0 Å². The average Bonchev–Trinajstić information content (AvgIpc) is 3.18. The molecule has 30 heavy (non-hydrogen) atoms. The molecule has 4 rings (SSSR count). The van der Waals surface area contributed by atoms with Crippen molar-refractivity contribution in [1.29, 1.82) is 0 Å². The van der Waals surface area contributed by atoms with Crippen LogP contribution in [0.15, 0.2) is 58.8 Å². The Bertz CT molecular complexity index is 1320. The predicted molar refractivity (Wildman–Crippen MR) is 112 cm³/mol. The molecule has 2 heterocycles. The number of methoxy groups -OCH3 is 2. The summed E-state index contributed by atoms with van der Waals surface area (Å²) >= 11 is 1.26. The Kier molecular flexibility index (Phi) is 5.20. The normalized spacial score (nSPS) is 10.8. The van der Waals surface area contributed by atoms with E-state index in [2.05, 4.69) is 10.3 Å². The number of rotatable bonds is 5. The van der Waals surface area contributed by atoms with Crippen LogP contribution in [0.4, 0.5) is 10.1 Å². The van der Waals surface area contributed by atoms with Crippen molar-refractivity contribution in [3.05, 3.63) is 75.8 Å². The van der Waals surface area contributed by atoms with Gasteiger partial charge in [0.1, 0.15) is 22.9 Å². The largest absolute Gasteiger partial charge is 0.497 e. The van der Waals surface area contributed by atoms with Crippen LogP contribution in [0.3, 0.4) is 0 Å². The van der Waals surface area contributed by atoms with Gasteiger partial charge < -0.3 is 14.8 Å². The van der Waals surface area contributed by atoms with E-state index < -0.39 is 17.3 Å². The molecule has 2 aromatic heterocycles. The third-order valence-corrected chi connectivity index (χ3v) is 5.30. The van der Waals surface area contributed by atoms with Crippen molar-refractivity contribution in [2.75, 3.05) is 19.5 Å². The lowest BCUT2D eigenvalue weighted by Crippen LogP contribution is -2.26. The number of ether oxygens (including phenoxy) is 2. The molecule has 4 aromatic rings. The lowest BCUT2D eigenvalue weighted by atomic mass is 10.1. The molecule has 152 valence electrons. The SMILES string of the molecule is COc1ccc(OC)c(-c2csc3ncc(C(=O)Nc4cccc(F)c4)c(=O)n23)c1. The van der Waals surface area contributed by atoms with Gasteiger partial charge in [0.15, 0.2) is 4.96 Å². The summed E-state index contributed by atoms with van der Waals surface area (Å²) < 4.78 is 25.4. The highest BCUT2D eigenvalue weighted by molar-refractivity contribution is 7.15. The first-order valence-electron chi connectivity index (χ1n) is 8.80. The van der Waals surface area contributed by atoms with E-state index in [0.29, 0.717) is 27.7 Å². The van der Waals surface area contributed by atoms with Gasteiger partial charge in [0, 0.05) is 22.8 Å². The lowest BCUT2D eigenvalue weighted by Gasteiger charge is -2.11. The van der Waals surface area contributed by atoms with Crippen molar-refractivity contribution in [2.45, 2.75) is 0 Å². The maximum absolute atomic E-state index is 13.4. The Morgan fingerprint density at radius 1 is 1.17 bits per heavy atom. The van der Waals surface area contributed by atoms with Gasteiger partial charge in [0.05, 0.1) is 19.9 Å². The van der Waals surface area contributed by atoms with E-state index in [1.165, 1.54) is 53.3 Å². The van der Waals surface area contributed by atoms with Gasteiger partial charge in [-0.1, -0.05) is 6.07 Å². The molecule has 1 N–H and O–H groups in total. The molecule has 0 saturated heterocycles. The van der Waals surface area contributed by atoms with Crippen LogP contribution in [0.2, 0.25) is 0 Å². The molecule has 0 aliphatic carbocycles. The first-order chi connectivity index (χ1) is 14.5. The summed E-state index contributed by atoms with van der Waals surface area (Å²) in [5.41, 5.74) is 0.663. The predicted octanol–water partition coefficient (Wildman–Crippen LogP) is 3.83. The summed E-state index contributed by atoms with van der Waals surface area (Å²) in [5, 5.41) is 4.28. The van der Waals surface area contributed by atoms with E-state index in [0.717, 1.165) is 0 Å². The van der Waals surface area contributed by atoms with Gasteiger partial charge in [0.25, 0.3) is 11.5 Å². The molecule has 0 atom stereocenters. The lowest BCUT2D eigenvalue weighted by molar-refractivity contribution is 0.102. The fourth-order valence-corrected chi connectivity index (χ4v) is 3.87. The summed E-state index contributed by atoms with van der Waals surface area (Å²) in [7, 11) is 3.07. The zero-order chi connectivity index (χ0) is 21.3. The molecule has 2 aromatic carbocycles. The molecule has 0 radical (unpaired) electrons. The van der Waals surface area contributed by atoms with Crippen molar-refractivity contribution in [1.82, 2.24) is 9.38 Å². The number of hydrogen-bond donors (Lipinski definition) is 1. The molecular weight excluding hydrogens is 409 g/mol. The van der Waals surface area contributed by atoms with Crippen molar-refractivity contribution >= 4 is 27.9 Å². The van der Waals surface area contributed by atoms with Crippen LogP contribution in [0.5, 0.6) is 11.5 Å². The molecule has 1 amide bonds. The first kappa shape index (κ1) is 19.6. The second-order valence-electron chi connectivity index (χ2n) is 6.25. The Morgan fingerprint density at radius 3 is 2.73 bits per heavy atom. The standard InChI is InChI=1S/C21H16FN3O4S/c1-28-14-6-7-18(29-2)15(9-14)17-11-30-21-23-10-16(20(27)25(17)21)19(26)24-13-5-3-4-12(22)8-13/h3-11H,1-2H3,(H,24,26). The first-order valence-corrected chi connectivity index (χ1v) is 9.68. The van der Waals surface area contributed by atoms with Crippen LogP contribution < -0.4 is 20.3 Å². The Balaban J connectivity index is 1.82. The molecule has 0 spiro atoms. The van der Waals surface area contributed by atoms with Gasteiger partial charge in [-0.2, -0.15) is 0 Å². The molecule has 9 heteroatoms. The Hall–Kier alpha value is -3.72. The van der Waals surface area contributed by atoms with Crippen LogP contribution in [0, 0.1) is 5.82 Å². The van der Waals surface area contributed by atoms with Crippen LogP contribution in [0.1, 0.15) is 10.4 Å². The number of fused-ring (bicyclic) bond motifs is 1. The molecule has 0 aliphatic heterocycles. The van der Waals surface area contributed by atoms with Gasteiger partial charge in [0.2, 0.25) is 0 Å². The van der Waals surface area contributed by atoms with Gasteiger partial charge in [-0.25, -0.2) is 9.37 Å². The number of halogens is 1. The third kappa shape index (κ3) is 3.50. The number of anilines is 1. The van der Waals surface area contributed by atoms with Crippen LogP contribution >= 0.6 is 11.3 Å². The highest BCUT2D eigenvalue weighted by Gasteiger charge is 2.19. The fraction of sp³-hybridized carbons (Fsp3) is 0.0952. The number of aromatic nitrogens is 2.